The third kappa shape index (κ3) is 3.36. The number of imidazole rings is 1. The van der Waals surface area contributed by atoms with Crippen molar-refractivity contribution in [1.29, 1.82) is 0 Å². The number of hydrazine groups is 1. The number of nitrogens with one attached hydrogen (secondary N) is 2. The lowest BCUT2D eigenvalue weighted by atomic mass is 10.0. The van der Waals surface area contributed by atoms with Crippen LogP contribution >= 0.6 is 0 Å². The molecular formula is C21H26N6O. The van der Waals surface area contributed by atoms with E-state index in [1.807, 2.05) is 24.5 Å². The summed E-state index contributed by atoms with van der Waals surface area (Å²) in [7, 11) is 0. The van der Waals surface area contributed by atoms with Crippen LogP contribution < -0.4 is 10.9 Å². The van der Waals surface area contributed by atoms with Gasteiger partial charge in [-0.15, -0.1) is 0 Å². The molecule has 0 spiro atoms. The Morgan fingerprint density at radius 3 is 2.71 bits per heavy atom. The molecule has 2 fully saturated rings. The highest BCUT2D eigenvalue weighted by Crippen LogP contribution is 2.34. The summed E-state index contributed by atoms with van der Waals surface area (Å²) >= 11 is 0. The van der Waals surface area contributed by atoms with Crippen LogP contribution in [0.2, 0.25) is 0 Å². The fourth-order valence-corrected chi connectivity index (χ4v) is 4.42. The molecule has 1 aromatic carbocycles. The molecule has 2 N–H and O–H groups in total. The maximum Gasteiger partial charge on any atom is 0.229 e. The van der Waals surface area contributed by atoms with Gasteiger partial charge in [-0.2, -0.15) is 4.98 Å². The first-order valence-electron chi connectivity index (χ1n) is 10.2. The Labute approximate surface area is 164 Å². The Morgan fingerprint density at radius 1 is 1.14 bits per heavy atom. The van der Waals surface area contributed by atoms with Gasteiger partial charge in [-0.1, -0.05) is 48.3 Å². The van der Waals surface area contributed by atoms with Crippen molar-refractivity contribution in [3.8, 4) is 11.3 Å². The van der Waals surface area contributed by atoms with Crippen LogP contribution in [0.4, 0.5) is 0 Å². The van der Waals surface area contributed by atoms with E-state index >= 15 is 0 Å². The molecule has 1 saturated carbocycles. The highest BCUT2D eigenvalue weighted by molar-refractivity contribution is 5.62. The third-order valence-electron chi connectivity index (χ3n) is 5.85. The summed E-state index contributed by atoms with van der Waals surface area (Å²) < 4.78 is 7.73. The van der Waals surface area contributed by atoms with Crippen molar-refractivity contribution >= 4 is 0 Å². The average Bonchev–Trinajstić information content (AvgIpc) is 3.50. The van der Waals surface area contributed by atoms with E-state index in [0.29, 0.717) is 18.5 Å². The van der Waals surface area contributed by atoms with Gasteiger partial charge in [0, 0.05) is 17.5 Å². The molecule has 2 aliphatic rings. The molecule has 28 heavy (non-hydrogen) atoms. The van der Waals surface area contributed by atoms with Crippen LogP contribution in [0.1, 0.15) is 68.4 Å². The second-order valence-electron chi connectivity index (χ2n) is 7.98. The van der Waals surface area contributed by atoms with Crippen molar-refractivity contribution in [2.45, 2.75) is 63.6 Å². The molecule has 146 valence electrons. The number of rotatable bonds is 5. The molecule has 1 aliphatic heterocycles. The van der Waals surface area contributed by atoms with Crippen LogP contribution in [0, 0.1) is 0 Å². The zero-order chi connectivity index (χ0) is 18.9. The zero-order valence-corrected chi connectivity index (χ0v) is 16.1. The van der Waals surface area contributed by atoms with E-state index in [0.717, 1.165) is 47.9 Å². The quantitative estimate of drug-likeness (QED) is 0.706. The van der Waals surface area contributed by atoms with E-state index in [1.165, 1.54) is 12.8 Å². The number of nitrogens with zero attached hydrogens (tertiary/aromatic N) is 4. The van der Waals surface area contributed by atoms with Gasteiger partial charge in [0.05, 0.1) is 30.3 Å². The predicted molar refractivity (Wildman–Crippen MR) is 105 cm³/mol. The third-order valence-corrected chi connectivity index (χ3v) is 5.85. The number of hydrogen-bond acceptors (Lipinski definition) is 6. The molecule has 7 nitrogen and oxygen atoms in total. The second kappa shape index (κ2) is 7.48. The maximum absolute atomic E-state index is 5.57. The fraction of sp³-hybridized carbons (Fsp3) is 0.476. The standard InChI is InChI=1S/C21H26N6O/c1-14-11-17(25-24-14)20-19(15-7-3-2-4-8-15)22-13-27(20)12-18-23-21(28-26-18)16-9-5-6-10-16/h2-4,7-8,13-14,16-17,24-25H,5-6,9-12H2,1H3. The Bertz CT molecular complexity index is 928. The monoisotopic (exact) mass is 378 g/mol. The minimum Gasteiger partial charge on any atom is -0.339 e. The molecule has 3 aromatic rings. The van der Waals surface area contributed by atoms with E-state index in [2.05, 4.69) is 44.6 Å². The van der Waals surface area contributed by atoms with Crippen molar-refractivity contribution in [3.05, 3.63) is 54.1 Å². The number of benzene rings is 1. The Balaban J connectivity index is 1.46. The van der Waals surface area contributed by atoms with Crippen molar-refractivity contribution in [1.82, 2.24) is 30.5 Å². The molecular weight excluding hydrogens is 352 g/mol. The Hall–Kier alpha value is -2.51. The van der Waals surface area contributed by atoms with E-state index < -0.39 is 0 Å². The molecule has 5 rings (SSSR count). The van der Waals surface area contributed by atoms with E-state index in [1.54, 1.807) is 0 Å². The molecule has 1 saturated heterocycles. The molecule has 2 aromatic heterocycles. The lowest BCUT2D eigenvalue weighted by molar-refractivity contribution is 0.349. The minimum absolute atomic E-state index is 0.189. The first kappa shape index (κ1) is 17.6. The van der Waals surface area contributed by atoms with Gasteiger partial charge in [0.15, 0.2) is 5.82 Å². The van der Waals surface area contributed by atoms with Crippen molar-refractivity contribution in [2.75, 3.05) is 0 Å². The molecule has 0 radical (unpaired) electrons. The first-order valence-corrected chi connectivity index (χ1v) is 10.2. The largest absolute Gasteiger partial charge is 0.339 e. The Kier molecular flexibility index (Phi) is 4.70. The topological polar surface area (TPSA) is 80.8 Å². The summed E-state index contributed by atoms with van der Waals surface area (Å²) in [6, 6.07) is 10.9. The lowest BCUT2D eigenvalue weighted by Gasteiger charge is -2.15. The first-order chi connectivity index (χ1) is 13.8. The van der Waals surface area contributed by atoms with Crippen molar-refractivity contribution < 1.29 is 4.52 Å². The number of aromatic nitrogens is 4. The van der Waals surface area contributed by atoms with Gasteiger partial charge in [0.2, 0.25) is 5.89 Å². The smallest absolute Gasteiger partial charge is 0.229 e. The van der Waals surface area contributed by atoms with E-state index in [-0.39, 0.29) is 6.04 Å². The van der Waals surface area contributed by atoms with Gasteiger partial charge in [-0.05, 0) is 26.2 Å². The van der Waals surface area contributed by atoms with Crippen LogP contribution in [-0.4, -0.2) is 25.7 Å². The van der Waals surface area contributed by atoms with Gasteiger partial charge in [-0.3, -0.25) is 5.43 Å². The summed E-state index contributed by atoms with van der Waals surface area (Å²) in [5.41, 5.74) is 10.0. The highest BCUT2D eigenvalue weighted by atomic mass is 16.5. The second-order valence-corrected chi connectivity index (χ2v) is 7.98. The predicted octanol–water partition coefficient (Wildman–Crippen LogP) is 3.57. The van der Waals surface area contributed by atoms with Crippen LogP contribution in [0.5, 0.6) is 0 Å². The molecule has 1 aliphatic carbocycles. The van der Waals surface area contributed by atoms with Crippen LogP contribution in [-0.2, 0) is 6.54 Å². The van der Waals surface area contributed by atoms with Gasteiger partial charge in [0.1, 0.15) is 0 Å². The minimum atomic E-state index is 0.189. The summed E-state index contributed by atoms with van der Waals surface area (Å²) in [5, 5.41) is 4.25. The number of hydrogen-bond donors (Lipinski definition) is 2. The summed E-state index contributed by atoms with van der Waals surface area (Å²) in [6.07, 6.45) is 7.73. The molecule has 7 heteroatoms. The molecule has 0 bridgehead atoms. The lowest BCUT2D eigenvalue weighted by Crippen LogP contribution is -2.29. The van der Waals surface area contributed by atoms with Gasteiger partial charge in [-0.25, -0.2) is 10.4 Å². The molecule has 3 heterocycles. The van der Waals surface area contributed by atoms with Crippen molar-refractivity contribution in [3.63, 3.8) is 0 Å². The highest BCUT2D eigenvalue weighted by Gasteiger charge is 2.29. The van der Waals surface area contributed by atoms with Crippen molar-refractivity contribution in [2.24, 2.45) is 0 Å². The average molecular weight is 378 g/mol. The van der Waals surface area contributed by atoms with Crippen LogP contribution in [0.15, 0.2) is 41.2 Å². The summed E-state index contributed by atoms with van der Waals surface area (Å²) in [5.74, 6) is 1.95. The zero-order valence-electron chi connectivity index (χ0n) is 16.1. The molecule has 0 amide bonds. The molecule has 2 unspecified atom stereocenters. The van der Waals surface area contributed by atoms with Crippen LogP contribution in [0.25, 0.3) is 11.3 Å². The molecule has 2 atom stereocenters. The fourth-order valence-electron chi connectivity index (χ4n) is 4.42. The maximum atomic E-state index is 5.57. The Morgan fingerprint density at radius 2 is 1.96 bits per heavy atom. The summed E-state index contributed by atoms with van der Waals surface area (Å²) in [4.78, 5) is 9.44. The van der Waals surface area contributed by atoms with Gasteiger partial charge in [0.25, 0.3) is 0 Å². The van der Waals surface area contributed by atoms with Crippen LogP contribution in [0.3, 0.4) is 0 Å². The summed E-state index contributed by atoms with van der Waals surface area (Å²) in [6.45, 7) is 2.75. The van der Waals surface area contributed by atoms with Gasteiger partial charge < -0.3 is 9.09 Å². The van der Waals surface area contributed by atoms with E-state index in [4.69, 9.17) is 9.51 Å². The van der Waals surface area contributed by atoms with Gasteiger partial charge >= 0.3 is 0 Å². The SMILES string of the molecule is CC1CC(c2c(-c3ccccc3)ncn2Cc2noc(C3CCCC3)n2)NN1. The normalized spacial score (nSPS) is 22.9. The van der Waals surface area contributed by atoms with E-state index in [9.17, 15) is 0 Å².